The highest BCUT2D eigenvalue weighted by Crippen LogP contribution is 2.37. The molecule has 0 radical (unpaired) electrons. The largest absolute Gasteiger partial charge is 0.508 e. The van der Waals surface area contributed by atoms with Crippen LogP contribution in [0.15, 0.2) is 18.2 Å². The third kappa shape index (κ3) is 2.42. The first-order valence-electron chi connectivity index (χ1n) is 6.76. The van der Waals surface area contributed by atoms with Crippen LogP contribution in [0, 0.1) is 11.3 Å². The van der Waals surface area contributed by atoms with Crippen LogP contribution in [0.1, 0.15) is 46.1 Å². The van der Waals surface area contributed by atoms with Gasteiger partial charge >= 0.3 is 7.12 Å². The lowest BCUT2D eigenvalue weighted by Crippen LogP contribution is -2.41. The molecular weight excluding hydrogens is 253 g/mol. The lowest BCUT2D eigenvalue weighted by molar-refractivity contribution is 0.00578. The Morgan fingerprint density at radius 2 is 1.75 bits per heavy atom. The molecule has 0 aromatic heterocycles. The first kappa shape index (κ1) is 14.9. The maximum atomic E-state index is 9.72. The Kier molecular flexibility index (Phi) is 3.57. The molecule has 1 fully saturated rings. The zero-order chi connectivity index (χ0) is 15.1. The molecule has 0 bridgehead atoms. The Morgan fingerprint density at radius 1 is 1.20 bits per heavy atom. The van der Waals surface area contributed by atoms with Crippen molar-refractivity contribution in [2.75, 3.05) is 0 Å². The smallest absolute Gasteiger partial charge is 0.495 e. The number of nitrogens with zero attached hydrogens (tertiary/aromatic N) is 1. The minimum absolute atomic E-state index is 0.142. The van der Waals surface area contributed by atoms with E-state index in [-0.39, 0.29) is 11.7 Å². The molecule has 4 nitrogen and oxygen atoms in total. The van der Waals surface area contributed by atoms with Crippen molar-refractivity contribution in [1.82, 2.24) is 0 Å². The van der Waals surface area contributed by atoms with Gasteiger partial charge in [-0.2, -0.15) is 5.26 Å². The second-order valence-corrected chi connectivity index (χ2v) is 6.25. The number of aromatic hydroxyl groups is 1. The number of phenols is 1. The number of hydrogen-bond acceptors (Lipinski definition) is 4. The molecule has 1 aliphatic rings. The predicted octanol–water partition coefficient (Wildman–Crippen LogP) is 2.32. The maximum absolute atomic E-state index is 9.72. The van der Waals surface area contributed by atoms with E-state index in [1.807, 2.05) is 34.6 Å². The van der Waals surface area contributed by atoms with Gasteiger partial charge < -0.3 is 14.4 Å². The molecule has 106 valence electrons. The molecule has 1 aromatic carbocycles. The van der Waals surface area contributed by atoms with Crippen LogP contribution >= 0.6 is 0 Å². The fourth-order valence-electron chi connectivity index (χ4n) is 2.20. The second-order valence-electron chi connectivity index (χ2n) is 6.25. The molecule has 5 heteroatoms. The van der Waals surface area contributed by atoms with Crippen LogP contribution in [0.4, 0.5) is 0 Å². The van der Waals surface area contributed by atoms with E-state index in [0.29, 0.717) is 0 Å². The third-order valence-electron chi connectivity index (χ3n) is 4.24. The third-order valence-corrected chi connectivity index (χ3v) is 4.24. The second kappa shape index (κ2) is 4.80. The monoisotopic (exact) mass is 273 g/mol. The molecule has 1 atom stereocenters. The average molecular weight is 273 g/mol. The molecule has 2 rings (SSSR count). The quantitative estimate of drug-likeness (QED) is 0.840. The van der Waals surface area contributed by atoms with Crippen LogP contribution in [0.5, 0.6) is 5.75 Å². The number of benzene rings is 1. The number of rotatable bonds is 2. The zero-order valence-electron chi connectivity index (χ0n) is 12.6. The van der Waals surface area contributed by atoms with Gasteiger partial charge in [-0.1, -0.05) is 6.07 Å². The van der Waals surface area contributed by atoms with Gasteiger partial charge in [0.2, 0.25) is 0 Å². The lowest BCUT2D eigenvalue weighted by Gasteiger charge is -2.32. The van der Waals surface area contributed by atoms with Crippen molar-refractivity contribution in [3.05, 3.63) is 23.8 Å². The lowest BCUT2D eigenvalue weighted by atomic mass is 9.73. The first-order chi connectivity index (χ1) is 9.18. The Labute approximate surface area is 120 Å². The molecule has 1 unspecified atom stereocenters. The Morgan fingerprint density at radius 3 is 2.25 bits per heavy atom. The summed E-state index contributed by atoms with van der Waals surface area (Å²) in [6.07, 6.45) is 0. The van der Waals surface area contributed by atoms with E-state index in [4.69, 9.17) is 14.6 Å². The van der Waals surface area contributed by atoms with Crippen LogP contribution < -0.4 is 5.46 Å². The van der Waals surface area contributed by atoms with Crippen LogP contribution in [0.3, 0.4) is 0 Å². The van der Waals surface area contributed by atoms with Crippen molar-refractivity contribution in [2.24, 2.45) is 0 Å². The van der Waals surface area contributed by atoms with E-state index in [1.54, 1.807) is 18.2 Å². The molecule has 1 aliphatic heterocycles. The van der Waals surface area contributed by atoms with E-state index in [9.17, 15) is 5.11 Å². The summed E-state index contributed by atoms with van der Waals surface area (Å²) in [5.74, 6) is -0.145. The summed E-state index contributed by atoms with van der Waals surface area (Å²) < 4.78 is 12.0. The molecule has 1 N–H and O–H groups in total. The summed E-state index contributed by atoms with van der Waals surface area (Å²) in [6.45, 7) is 9.72. The minimum Gasteiger partial charge on any atom is -0.508 e. The SMILES string of the molecule is CC(C#N)c1ccc(O)cc1B1OC(C)(C)C(C)(C)O1. The van der Waals surface area contributed by atoms with E-state index in [1.165, 1.54) is 0 Å². The molecule has 0 amide bonds. The van der Waals surface area contributed by atoms with E-state index < -0.39 is 18.3 Å². The summed E-state index contributed by atoms with van der Waals surface area (Å²) in [7, 11) is -0.571. The van der Waals surface area contributed by atoms with Crippen LogP contribution in [-0.2, 0) is 9.31 Å². The number of hydrogen-bond donors (Lipinski definition) is 1. The van der Waals surface area contributed by atoms with Gasteiger partial charge in [-0.3, -0.25) is 0 Å². The van der Waals surface area contributed by atoms with E-state index >= 15 is 0 Å². The van der Waals surface area contributed by atoms with Gasteiger partial charge in [0.15, 0.2) is 0 Å². The number of phenolic OH excluding ortho intramolecular Hbond substituents is 1. The van der Waals surface area contributed by atoms with E-state index in [2.05, 4.69) is 6.07 Å². The van der Waals surface area contributed by atoms with Crippen molar-refractivity contribution in [3.8, 4) is 11.8 Å². The average Bonchev–Trinajstić information content (AvgIpc) is 2.57. The van der Waals surface area contributed by atoms with Crippen LogP contribution in [0.2, 0.25) is 0 Å². The van der Waals surface area contributed by atoms with Crippen molar-refractivity contribution in [1.29, 1.82) is 5.26 Å². The highest BCUT2D eigenvalue weighted by molar-refractivity contribution is 6.62. The summed E-state index contributed by atoms with van der Waals surface area (Å²) in [5, 5.41) is 18.9. The molecule has 1 heterocycles. The van der Waals surface area contributed by atoms with Gasteiger partial charge in [0, 0.05) is 0 Å². The van der Waals surface area contributed by atoms with Crippen molar-refractivity contribution in [2.45, 2.75) is 51.7 Å². The molecular formula is C15H20BNO3. The molecule has 0 spiro atoms. The molecule has 20 heavy (non-hydrogen) atoms. The maximum Gasteiger partial charge on any atom is 0.495 e. The summed E-state index contributed by atoms with van der Waals surface area (Å²) in [6, 6.07) is 7.16. The molecule has 0 aliphatic carbocycles. The van der Waals surface area contributed by atoms with Gasteiger partial charge in [0.1, 0.15) is 5.75 Å². The van der Waals surface area contributed by atoms with E-state index in [0.717, 1.165) is 11.0 Å². The molecule has 1 saturated heterocycles. The fraction of sp³-hybridized carbons (Fsp3) is 0.533. The fourth-order valence-corrected chi connectivity index (χ4v) is 2.20. The predicted molar refractivity (Wildman–Crippen MR) is 77.9 cm³/mol. The van der Waals surface area contributed by atoms with Crippen LogP contribution in [-0.4, -0.2) is 23.4 Å². The van der Waals surface area contributed by atoms with Crippen molar-refractivity contribution >= 4 is 12.6 Å². The summed E-state index contributed by atoms with van der Waals surface area (Å²) >= 11 is 0. The van der Waals surface area contributed by atoms with Gasteiger partial charge in [-0.25, -0.2) is 0 Å². The topological polar surface area (TPSA) is 62.5 Å². The normalized spacial score (nSPS) is 21.5. The van der Waals surface area contributed by atoms with Gasteiger partial charge in [-0.05, 0) is 57.8 Å². The van der Waals surface area contributed by atoms with Gasteiger partial charge in [0.25, 0.3) is 0 Å². The summed E-state index contributed by atoms with van der Waals surface area (Å²) in [5.41, 5.74) is 0.647. The zero-order valence-corrected chi connectivity index (χ0v) is 12.6. The van der Waals surface area contributed by atoms with Crippen molar-refractivity contribution in [3.63, 3.8) is 0 Å². The standard InChI is InChI=1S/C15H20BNO3/c1-10(9-17)12-7-6-11(18)8-13(12)16-19-14(2,3)15(4,5)20-16/h6-8,10,18H,1-5H3. The Balaban J connectivity index is 2.44. The first-order valence-corrected chi connectivity index (χ1v) is 6.76. The van der Waals surface area contributed by atoms with Crippen LogP contribution in [0.25, 0.3) is 0 Å². The molecule has 0 saturated carbocycles. The highest BCUT2D eigenvalue weighted by atomic mass is 16.7. The van der Waals surface area contributed by atoms with Gasteiger partial charge in [-0.15, -0.1) is 0 Å². The highest BCUT2D eigenvalue weighted by Gasteiger charge is 2.52. The summed E-state index contributed by atoms with van der Waals surface area (Å²) in [4.78, 5) is 0. The molecule has 1 aromatic rings. The Bertz CT molecular complexity index is 547. The van der Waals surface area contributed by atoms with Crippen molar-refractivity contribution < 1.29 is 14.4 Å². The minimum atomic E-state index is -0.571. The number of nitriles is 1. The van der Waals surface area contributed by atoms with Gasteiger partial charge in [0.05, 0.1) is 23.2 Å². The Hall–Kier alpha value is -1.51.